The van der Waals surface area contributed by atoms with E-state index in [9.17, 15) is 14.9 Å². The predicted octanol–water partition coefficient (Wildman–Crippen LogP) is 4.37. The number of carbonyl (C=O) groups is 1. The Bertz CT molecular complexity index is 732. The summed E-state index contributed by atoms with van der Waals surface area (Å²) in [5.74, 6) is 0.152. The molecule has 120 valence electrons. The molecule has 0 fully saturated rings. The van der Waals surface area contributed by atoms with E-state index in [1.807, 2.05) is 6.92 Å². The van der Waals surface area contributed by atoms with E-state index in [1.165, 1.54) is 24.3 Å². The van der Waals surface area contributed by atoms with Crippen LogP contribution in [0.4, 0.5) is 5.69 Å². The molecule has 0 bridgehead atoms. The van der Waals surface area contributed by atoms with Gasteiger partial charge >= 0.3 is 5.97 Å². The monoisotopic (exact) mass is 379 g/mol. The Hall–Kier alpha value is -2.41. The Morgan fingerprint density at radius 3 is 2.70 bits per heavy atom. The number of nitro groups is 1. The van der Waals surface area contributed by atoms with Crippen LogP contribution in [0, 0.1) is 10.1 Å². The van der Waals surface area contributed by atoms with Gasteiger partial charge in [-0.1, -0.05) is 13.0 Å². The lowest BCUT2D eigenvalue weighted by molar-refractivity contribution is -0.384. The molecule has 23 heavy (non-hydrogen) atoms. The molecule has 0 N–H and O–H groups in total. The normalized spacial score (nSPS) is 10.2. The van der Waals surface area contributed by atoms with Gasteiger partial charge < -0.3 is 9.47 Å². The summed E-state index contributed by atoms with van der Waals surface area (Å²) in [5.41, 5.74) is 0.173. The summed E-state index contributed by atoms with van der Waals surface area (Å²) in [4.78, 5) is 22.3. The third-order valence-corrected chi connectivity index (χ3v) is 3.49. The number of nitro benzene ring substituents is 1. The summed E-state index contributed by atoms with van der Waals surface area (Å²) in [6, 6.07) is 10.3. The molecule has 2 rings (SSSR count). The van der Waals surface area contributed by atoms with Gasteiger partial charge in [0.2, 0.25) is 0 Å². The molecule has 2 aromatic rings. The highest BCUT2D eigenvalue weighted by Crippen LogP contribution is 2.27. The number of hydrogen-bond donors (Lipinski definition) is 0. The van der Waals surface area contributed by atoms with Crippen molar-refractivity contribution in [1.29, 1.82) is 0 Å². The van der Waals surface area contributed by atoms with E-state index in [0.29, 0.717) is 22.4 Å². The SMILES string of the molecule is CCCOc1ccc(C(=O)Oc2cccc([N+](=O)[O-])c2)cc1Br. The van der Waals surface area contributed by atoms with Gasteiger partial charge in [-0.2, -0.15) is 0 Å². The molecule has 0 saturated heterocycles. The first-order valence-corrected chi connectivity index (χ1v) is 7.69. The minimum Gasteiger partial charge on any atom is -0.492 e. The number of carbonyl (C=O) groups excluding carboxylic acids is 1. The minimum absolute atomic E-state index is 0.117. The van der Waals surface area contributed by atoms with Gasteiger partial charge in [0.1, 0.15) is 11.5 Å². The van der Waals surface area contributed by atoms with E-state index in [4.69, 9.17) is 9.47 Å². The molecule has 0 aromatic heterocycles. The molecular formula is C16H14BrNO5. The summed E-state index contributed by atoms with van der Waals surface area (Å²) >= 11 is 3.34. The first-order valence-electron chi connectivity index (χ1n) is 6.90. The Balaban J connectivity index is 2.13. The smallest absolute Gasteiger partial charge is 0.343 e. The highest BCUT2D eigenvalue weighted by Gasteiger charge is 2.13. The van der Waals surface area contributed by atoms with Crippen LogP contribution in [-0.4, -0.2) is 17.5 Å². The molecule has 0 radical (unpaired) electrons. The second kappa shape index (κ2) is 7.73. The average Bonchev–Trinajstić information content (AvgIpc) is 2.53. The zero-order valence-electron chi connectivity index (χ0n) is 12.3. The number of halogens is 1. The van der Waals surface area contributed by atoms with Gasteiger partial charge in [-0.3, -0.25) is 10.1 Å². The second-order valence-corrected chi connectivity index (χ2v) is 5.49. The van der Waals surface area contributed by atoms with Gasteiger partial charge in [0.25, 0.3) is 5.69 Å². The van der Waals surface area contributed by atoms with Crippen molar-refractivity contribution in [3.63, 3.8) is 0 Å². The molecule has 0 spiro atoms. The molecule has 0 saturated carbocycles. The van der Waals surface area contributed by atoms with Crippen molar-refractivity contribution in [2.24, 2.45) is 0 Å². The van der Waals surface area contributed by atoms with Gasteiger partial charge in [0, 0.05) is 6.07 Å². The molecule has 7 heteroatoms. The Morgan fingerprint density at radius 2 is 2.04 bits per heavy atom. The number of benzene rings is 2. The van der Waals surface area contributed by atoms with Crippen molar-refractivity contribution in [2.75, 3.05) is 6.61 Å². The Kier molecular flexibility index (Phi) is 5.70. The lowest BCUT2D eigenvalue weighted by Gasteiger charge is -2.09. The summed E-state index contributed by atoms with van der Waals surface area (Å²) in [6.45, 7) is 2.58. The van der Waals surface area contributed by atoms with Gasteiger partial charge in [-0.15, -0.1) is 0 Å². The summed E-state index contributed by atoms with van der Waals surface area (Å²) < 4.78 is 11.3. The molecule has 0 aliphatic carbocycles. The van der Waals surface area contributed by atoms with Crippen LogP contribution in [0.15, 0.2) is 46.9 Å². The molecule has 0 amide bonds. The van der Waals surface area contributed by atoms with Crippen molar-refractivity contribution in [1.82, 2.24) is 0 Å². The minimum atomic E-state index is -0.603. The van der Waals surface area contributed by atoms with E-state index >= 15 is 0 Å². The number of ether oxygens (including phenoxy) is 2. The summed E-state index contributed by atoms with van der Waals surface area (Å²) in [7, 11) is 0. The molecule has 0 aliphatic rings. The molecule has 2 aromatic carbocycles. The lowest BCUT2D eigenvalue weighted by Crippen LogP contribution is -2.09. The average molecular weight is 380 g/mol. The topological polar surface area (TPSA) is 78.7 Å². The number of non-ortho nitro benzene ring substituents is 1. The summed E-state index contributed by atoms with van der Waals surface area (Å²) in [6.07, 6.45) is 0.878. The third-order valence-electron chi connectivity index (χ3n) is 2.87. The maximum absolute atomic E-state index is 12.1. The van der Waals surface area contributed by atoms with Crippen LogP contribution in [0.3, 0.4) is 0 Å². The highest BCUT2D eigenvalue weighted by molar-refractivity contribution is 9.10. The number of nitrogens with zero attached hydrogens (tertiary/aromatic N) is 1. The van der Waals surface area contributed by atoms with Crippen molar-refractivity contribution in [3.8, 4) is 11.5 Å². The zero-order chi connectivity index (χ0) is 16.8. The number of esters is 1. The molecular weight excluding hydrogens is 366 g/mol. The molecule has 0 atom stereocenters. The van der Waals surface area contributed by atoms with Crippen LogP contribution in [0.25, 0.3) is 0 Å². The van der Waals surface area contributed by atoms with Crippen molar-refractivity contribution in [2.45, 2.75) is 13.3 Å². The van der Waals surface area contributed by atoms with Crippen LogP contribution >= 0.6 is 15.9 Å². The van der Waals surface area contributed by atoms with Crippen LogP contribution in [0.2, 0.25) is 0 Å². The van der Waals surface area contributed by atoms with Crippen molar-refractivity contribution < 1.29 is 19.2 Å². The Morgan fingerprint density at radius 1 is 1.26 bits per heavy atom. The fourth-order valence-corrected chi connectivity index (χ4v) is 2.28. The molecule has 0 heterocycles. The van der Waals surface area contributed by atoms with E-state index in [0.717, 1.165) is 6.42 Å². The van der Waals surface area contributed by atoms with E-state index in [1.54, 1.807) is 18.2 Å². The van der Waals surface area contributed by atoms with Gasteiger partial charge in [-0.25, -0.2) is 4.79 Å². The largest absolute Gasteiger partial charge is 0.492 e. The maximum Gasteiger partial charge on any atom is 0.343 e. The van der Waals surface area contributed by atoms with Crippen LogP contribution in [0.1, 0.15) is 23.7 Å². The van der Waals surface area contributed by atoms with Gasteiger partial charge in [-0.05, 0) is 46.6 Å². The first kappa shape index (κ1) is 17.0. The highest BCUT2D eigenvalue weighted by atomic mass is 79.9. The lowest BCUT2D eigenvalue weighted by atomic mass is 10.2. The standard InChI is InChI=1S/C16H14BrNO5/c1-2-8-22-15-7-6-11(9-14(15)17)16(19)23-13-5-3-4-12(10-13)18(20)21/h3-7,9-10H,2,8H2,1H3. The summed E-state index contributed by atoms with van der Waals surface area (Å²) in [5, 5.41) is 10.7. The van der Waals surface area contributed by atoms with Crippen molar-refractivity contribution >= 4 is 27.6 Å². The van der Waals surface area contributed by atoms with E-state index in [-0.39, 0.29) is 11.4 Å². The third kappa shape index (κ3) is 4.53. The van der Waals surface area contributed by atoms with Crippen LogP contribution in [-0.2, 0) is 0 Å². The molecule has 6 nitrogen and oxygen atoms in total. The van der Waals surface area contributed by atoms with Crippen molar-refractivity contribution in [3.05, 3.63) is 62.6 Å². The number of hydrogen-bond acceptors (Lipinski definition) is 5. The fourth-order valence-electron chi connectivity index (χ4n) is 1.78. The van der Waals surface area contributed by atoms with Crippen LogP contribution in [0.5, 0.6) is 11.5 Å². The Labute approximate surface area is 141 Å². The first-order chi connectivity index (χ1) is 11.0. The molecule has 0 unspecified atom stereocenters. The molecule has 0 aliphatic heterocycles. The van der Waals surface area contributed by atoms with E-state index < -0.39 is 10.9 Å². The predicted molar refractivity (Wildman–Crippen MR) is 88.0 cm³/mol. The zero-order valence-corrected chi connectivity index (χ0v) is 13.9. The fraction of sp³-hybridized carbons (Fsp3) is 0.188. The van der Waals surface area contributed by atoms with E-state index in [2.05, 4.69) is 15.9 Å². The van der Waals surface area contributed by atoms with Crippen LogP contribution < -0.4 is 9.47 Å². The maximum atomic E-state index is 12.1. The van der Waals surface area contributed by atoms with Gasteiger partial charge in [0.15, 0.2) is 0 Å². The number of rotatable bonds is 6. The second-order valence-electron chi connectivity index (χ2n) is 4.64. The van der Waals surface area contributed by atoms with Gasteiger partial charge in [0.05, 0.1) is 27.6 Å². The quantitative estimate of drug-likeness (QED) is 0.322.